The highest BCUT2D eigenvalue weighted by molar-refractivity contribution is 7.99. The highest BCUT2D eigenvalue weighted by Gasteiger charge is 2.08. The second kappa shape index (κ2) is 4.61. The minimum absolute atomic E-state index is 0.843. The average Bonchev–Trinajstić information content (AvgIpc) is 2.90. The normalized spacial score (nSPS) is 11.2. The van der Waals surface area contributed by atoms with E-state index in [9.17, 15) is 0 Å². The molecule has 0 fully saturated rings. The lowest BCUT2D eigenvalue weighted by atomic mass is 10.2. The third-order valence-electron chi connectivity index (χ3n) is 3.07. The summed E-state index contributed by atoms with van der Waals surface area (Å²) in [5.74, 6) is 0. The molecule has 0 atom stereocenters. The van der Waals surface area contributed by atoms with Crippen LogP contribution in [-0.4, -0.2) is 19.9 Å². The molecule has 2 heterocycles. The van der Waals surface area contributed by atoms with E-state index in [1.807, 2.05) is 48.5 Å². The Balaban J connectivity index is 1.80. The summed E-state index contributed by atoms with van der Waals surface area (Å²) in [6, 6.07) is 16.0. The summed E-state index contributed by atoms with van der Waals surface area (Å²) < 4.78 is 0. The van der Waals surface area contributed by atoms with Crippen LogP contribution < -0.4 is 0 Å². The summed E-state index contributed by atoms with van der Waals surface area (Å²) in [5, 5.41) is 2.80. The topological polar surface area (TPSA) is 54.5 Å². The van der Waals surface area contributed by atoms with Gasteiger partial charge in [-0.1, -0.05) is 30.3 Å². The minimum Gasteiger partial charge on any atom is -0.333 e. The predicted octanol–water partition coefficient (Wildman–Crippen LogP) is 3.66. The zero-order valence-corrected chi connectivity index (χ0v) is 11.3. The fourth-order valence-corrected chi connectivity index (χ4v) is 3.00. The predicted molar refractivity (Wildman–Crippen MR) is 79.8 cm³/mol. The fourth-order valence-electron chi connectivity index (χ4n) is 2.13. The van der Waals surface area contributed by atoms with Crippen LogP contribution in [0.5, 0.6) is 0 Å². The molecule has 4 aromatic rings. The van der Waals surface area contributed by atoms with E-state index >= 15 is 0 Å². The number of nitrogens with zero attached hydrogens (tertiary/aromatic N) is 3. The molecule has 0 spiro atoms. The molecule has 20 heavy (non-hydrogen) atoms. The van der Waals surface area contributed by atoms with E-state index < -0.39 is 0 Å². The first-order chi connectivity index (χ1) is 9.90. The molecular weight excluding hydrogens is 268 g/mol. The third kappa shape index (κ3) is 1.92. The molecule has 0 unspecified atom stereocenters. The number of imidazole rings is 1. The Morgan fingerprint density at radius 2 is 1.65 bits per heavy atom. The van der Waals surface area contributed by atoms with Gasteiger partial charge < -0.3 is 4.98 Å². The molecular formula is C15H10N4S. The lowest BCUT2D eigenvalue weighted by molar-refractivity contribution is 1.05. The van der Waals surface area contributed by atoms with E-state index in [-0.39, 0.29) is 0 Å². The van der Waals surface area contributed by atoms with Gasteiger partial charge in [0, 0.05) is 5.39 Å². The summed E-state index contributed by atoms with van der Waals surface area (Å²) in [6.45, 7) is 0. The maximum Gasteiger partial charge on any atom is 0.172 e. The van der Waals surface area contributed by atoms with Crippen LogP contribution in [0.2, 0.25) is 0 Å². The van der Waals surface area contributed by atoms with Gasteiger partial charge in [-0.3, -0.25) is 0 Å². The molecule has 2 aromatic heterocycles. The van der Waals surface area contributed by atoms with Gasteiger partial charge in [0.25, 0.3) is 0 Å². The zero-order valence-electron chi connectivity index (χ0n) is 10.4. The molecule has 0 saturated carbocycles. The molecule has 0 amide bonds. The number of hydrogen-bond donors (Lipinski definition) is 1. The third-order valence-corrected chi connectivity index (χ3v) is 3.97. The van der Waals surface area contributed by atoms with E-state index in [0.717, 1.165) is 32.1 Å². The first-order valence-electron chi connectivity index (χ1n) is 6.22. The number of fused-ring (bicyclic) bond motifs is 2. The van der Waals surface area contributed by atoms with Crippen LogP contribution in [-0.2, 0) is 0 Å². The van der Waals surface area contributed by atoms with Gasteiger partial charge in [0.1, 0.15) is 11.4 Å². The number of hydrogen-bond acceptors (Lipinski definition) is 4. The first kappa shape index (κ1) is 11.4. The van der Waals surface area contributed by atoms with Crippen LogP contribution in [0, 0.1) is 0 Å². The van der Waals surface area contributed by atoms with Gasteiger partial charge in [0.05, 0.1) is 16.6 Å². The van der Waals surface area contributed by atoms with Crippen molar-refractivity contribution in [3.8, 4) is 0 Å². The molecule has 4 nitrogen and oxygen atoms in total. The number of benzene rings is 2. The lowest BCUT2D eigenvalue weighted by Crippen LogP contribution is -1.86. The van der Waals surface area contributed by atoms with Crippen LogP contribution in [0.15, 0.2) is 65.0 Å². The molecule has 2 aromatic carbocycles. The van der Waals surface area contributed by atoms with E-state index in [1.165, 1.54) is 11.8 Å². The molecule has 4 rings (SSSR count). The zero-order chi connectivity index (χ0) is 13.4. The van der Waals surface area contributed by atoms with Gasteiger partial charge >= 0.3 is 0 Å². The van der Waals surface area contributed by atoms with Gasteiger partial charge in [-0.15, -0.1) is 0 Å². The van der Waals surface area contributed by atoms with Gasteiger partial charge in [0.2, 0.25) is 0 Å². The largest absolute Gasteiger partial charge is 0.333 e. The maximum atomic E-state index is 4.56. The van der Waals surface area contributed by atoms with Crippen molar-refractivity contribution >= 4 is 33.7 Å². The van der Waals surface area contributed by atoms with Gasteiger partial charge in [-0.05, 0) is 30.0 Å². The number of H-pyrrole nitrogens is 1. The van der Waals surface area contributed by atoms with Crippen molar-refractivity contribution in [3.05, 3.63) is 54.9 Å². The average molecular weight is 278 g/mol. The number of rotatable bonds is 2. The van der Waals surface area contributed by atoms with Crippen LogP contribution in [0.4, 0.5) is 0 Å². The molecule has 0 radical (unpaired) electrons. The van der Waals surface area contributed by atoms with Crippen molar-refractivity contribution in [2.24, 2.45) is 0 Å². The number of para-hydroxylation sites is 3. The van der Waals surface area contributed by atoms with Crippen LogP contribution in [0.1, 0.15) is 0 Å². The Hall–Kier alpha value is -2.40. The summed E-state index contributed by atoms with van der Waals surface area (Å²) in [5.41, 5.74) is 2.95. The Morgan fingerprint density at radius 1 is 0.850 bits per heavy atom. The molecule has 1 N–H and O–H groups in total. The molecule has 0 aliphatic rings. The van der Waals surface area contributed by atoms with Crippen LogP contribution >= 0.6 is 11.8 Å². The monoisotopic (exact) mass is 278 g/mol. The van der Waals surface area contributed by atoms with Crippen molar-refractivity contribution in [1.29, 1.82) is 0 Å². The highest BCUT2D eigenvalue weighted by Crippen LogP contribution is 2.30. The number of nitrogens with one attached hydrogen (secondary N) is 1. The number of aromatic amines is 1. The SMILES string of the molecule is c1ccc2[nH]c(Sc3ncnc4ccccc34)nc2c1. The second-order valence-corrected chi connectivity index (χ2v) is 5.33. The van der Waals surface area contributed by atoms with Crippen LogP contribution in [0.3, 0.4) is 0 Å². The molecule has 0 bridgehead atoms. The highest BCUT2D eigenvalue weighted by atomic mass is 32.2. The van der Waals surface area contributed by atoms with Crippen molar-refractivity contribution in [2.45, 2.75) is 10.2 Å². The molecule has 0 aliphatic heterocycles. The Bertz CT molecular complexity index is 862. The Labute approximate surface area is 119 Å². The summed E-state index contributed by atoms with van der Waals surface area (Å²) >= 11 is 1.53. The Kier molecular flexibility index (Phi) is 2.63. The van der Waals surface area contributed by atoms with Crippen molar-refractivity contribution < 1.29 is 0 Å². The lowest BCUT2D eigenvalue weighted by Gasteiger charge is -2.01. The Morgan fingerprint density at radius 3 is 2.55 bits per heavy atom. The second-order valence-electron chi connectivity index (χ2n) is 4.36. The smallest absolute Gasteiger partial charge is 0.172 e. The van der Waals surface area contributed by atoms with E-state index in [0.29, 0.717) is 0 Å². The van der Waals surface area contributed by atoms with Gasteiger partial charge in [-0.25, -0.2) is 15.0 Å². The summed E-state index contributed by atoms with van der Waals surface area (Å²) in [7, 11) is 0. The molecule has 0 aliphatic carbocycles. The summed E-state index contributed by atoms with van der Waals surface area (Å²) in [6.07, 6.45) is 1.59. The van der Waals surface area contributed by atoms with Gasteiger partial charge in [-0.2, -0.15) is 0 Å². The first-order valence-corrected chi connectivity index (χ1v) is 7.04. The van der Waals surface area contributed by atoms with Crippen molar-refractivity contribution in [3.63, 3.8) is 0 Å². The quantitative estimate of drug-likeness (QED) is 0.569. The number of aromatic nitrogens is 4. The molecule has 96 valence electrons. The van der Waals surface area contributed by atoms with E-state index in [4.69, 9.17) is 0 Å². The van der Waals surface area contributed by atoms with Crippen molar-refractivity contribution in [1.82, 2.24) is 19.9 Å². The summed E-state index contributed by atoms with van der Waals surface area (Å²) in [4.78, 5) is 16.5. The van der Waals surface area contributed by atoms with Gasteiger partial charge in [0.15, 0.2) is 5.16 Å². The van der Waals surface area contributed by atoms with E-state index in [2.05, 4.69) is 19.9 Å². The van der Waals surface area contributed by atoms with Crippen molar-refractivity contribution in [2.75, 3.05) is 0 Å². The maximum absolute atomic E-state index is 4.56. The standard InChI is InChI=1S/C15H10N4S/c1-2-6-11-10(5-1)14(17-9-16-11)20-15-18-12-7-3-4-8-13(12)19-15/h1-9H,(H,18,19). The molecule has 0 saturated heterocycles. The minimum atomic E-state index is 0.843. The van der Waals surface area contributed by atoms with E-state index in [1.54, 1.807) is 6.33 Å². The van der Waals surface area contributed by atoms with Crippen LogP contribution in [0.25, 0.3) is 21.9 Å². The molecule has 5 heteroatoms. The fraction of sp³-hybridized carbons (Fsp3) is 0.